The molecule has 1 aromatic heterocycles. The molecule has 0 aliphatic heterocycles. The van der Waals surface area contributed by atoms with E-state index in [-0.39, 0.29) is 11.3 Å². The third kappa shape index (κ3) is 4.58. The predicted octanol–water partition coefficient (Wildman–Crippen LogP) is 5.78. The summed E-state index contributed by atoms with van der Waals surface area (Å²) in [7, 11) is 0. The summed E-state index contributed by atoms with van der Waals surface area (Å²) in [5.74, 6) is -0.865. The molecule has 1 heterocycles. The van der Waals surface area contributed by atoms with Crippen molar-refractivity contribution < 1.29 is 9.90 Å². The highest BCUT2D eigenvalue weighted by Gasteiger charge is 2.26. The first-order chi connectivity index (χ1) is 13.7. The highest BCUT2D eigenvalue weighted by atomic mass is 16.4. The number of carbonyl (C=O) groups is 1. The quantitative estimate of drug-likeness (QED) is 0.581. The third-order valence-corrected chi connectivity index (χ3v) is 5.23. The molecule has 0 aliphatic rings. The first-order valence-corrected chi connectivity index (χ1v) is 10.2. The summed E-state index contributed by atoms with van der Waals surface area (Å²) in [6.07, 6.45) is 1.36. The van der Waals surface area contributed by atoms with Crippen molar-refractivity contribution in [1.29, 1.82) is 0 Å². The molecule has 0 radical (unpaired) electrons. The second-order valence-electron chi connectivity index (χ2n) is 8.86. The van der Waals surface area contributed by atoms with Gasteiger partial charge in [-0.2, -0.15) is 5.10 Å². The Bertz CT molecular complexity index is 978. The number of aromatic carboxylic acids is 1. The molecule has 2 aromatic carbocycles. The molecule has 1 N–H and O–H groups in total. The van der Waals surface area contributed by atoms with E-state index in [0.29, 0.717) is 17.7 Å². The molecule has 0 saturated carbocycles. The van der Waals surface area contributed by atoms with Gasteiger partial charge in [0.15, 0.2) is 0 Å². The van der Waals surface area contributed by atoms with Gasteiger partial charge in [-0.05, 0) is 47.4 Å². The predicted molar refractivity (Wildman–Crippen MR) is 117 cm³/mol. The van der Waals surface area contributed by atoms with Gasteiger partial charge >= 0.3 is 5.97 Å². The molecule has 0 bridgehead atoms. The van der Waals surface area contributed by atoms with Gasteiger partial charge in [0.05, 0.1) is 17.1 Å². The molecular formula is C25H30N2O2. The minimum Gasteiger partial charge on any atom is -0.478 e. The number of aromatic nitrogens is 2. The van der Waals surface area contributed by atoms with Crippen LogP contribution in [-0.4, -0.2) is 20.9 Å². The number of benzene rings is 2. The molecule has 29 heavy (non-hydrogen) atoms. The zero-order valence-electron chi connectivity index (χ0n) is 17.9. The van der Waals surface area contributed by atoms with Crippen molar-refractivity contribution in [3.05, 3.63) is 82.7 Å². The molecule has 3 rings (SSSR count). The Hall–Kier alpha value is -2.88. The number of hydrogen-bond donors (Lipinski definition) is 1. The second kappa shape index (κ2) is 8.24. The van der Waals surface area contributed by atoms with Crippen LogP contribution in [0.25, 0.3) is 5.69 Å². The largest absolute Gasteiger partial charge is 0.478 e. The lowest BCUT2D eigenvalue weighted by atomic mass is 9.87. The molecule has 3 aromatic rings. The minimum atomic E-state index is -0.908. The van der Waals surface area contributed by atoms with E-state index in [4.69, 9.17) is 5.10 Å². The Morgan fingerprint density at radius 2 is 1.62 bits per heavy atom. The standard InChI is InChI=1S/C25H30N2O2/c1-17(2)23-22(24(28)29)21(16-11-18-9-7-6-8-10-18)26-27(23)20-14-12-19(13-15-20)25(3,4)5/h6-10,12-15,17H,11,16H2,1-5H3,(H,28,29). The van der Waals surface area contributed by atoms with Crippen molar-refractivity contribution >= 4 is 5.97 Å². The molecule has 0 aliphatic carbocycles. The first-order valence-electron chi connectivity index (χ1n) is 10.2. The van der Waals surface area contributed by atoms with Gasteiger partial charge in [0.25, 0.3) is 0 Å². The summed E-state index contributed by atoms with van der Waals surface area (Å²) in [5, 5.41) is 14.7. The smallest absolute Gasteiger partial charge is 0.339 e. The SMILES string of the molecule is CC(C)c1c(C(=O)O)c(CCc2ccccc2)nn1-c1ccc(C(C)(C)C)cc1. The van der Waals surface area contributed by atoms with Crippen molar-refractivity contribution in [2.24, 2.45) is 0 Å². The van der Waals surface area contributed by atoms with E-state index >= 15 is 0 Å². The Morgan fingerprint density at radius 1 is 1.00 bits per heavy atom. The number of carboxylic acids is 1. The van der Waals surface area contributed by atoms with Gasteiger partial charge in [-0.25, -0.2) is 9.48 Å². The van der Waals surface area contributed by atoms with Crippen molar-refractivity contribution in [3.8, 4) is 5.69 Å². The van der Waals surface area contributed by atoms with Gasteiger partial charge < -0.3 is 5.11 Å². The van der Waals surface area contributed by atoms with E-state index in [9.17, 15) is 9.90 Å². The van der Waals surface area contributed by atoms with Crippen LogP contribution < -0.4 is 0 Å². The fourth-order valence-electron chi connectivity index (χ4n) is 3.63. The molecule has 152 valence electrons. The molecule has 0 spiro atoms. The molecule has 0 amide bonds. The van der Waals surface area contributed by atoms with Crippen LogP contribution in [0.2, 0.25) is 0 Å². The van der Waals surface area contributed by atoms with Gasteiger partial charge in [-0.15, -0.1) is 0 Å². The molecule has 0 atom stereocenters. The van der Waals surface area contributed by atoms with E-state index < -0.39 is 5.97 Å². The van der Waals surface area contributed by atoms with Crippen LogP contribution >= 0.6 is 0 Å². The highest BCUT2D eigenvalue weighted by Crippen LogP contribution is 2.29. The van der Waals surface area contributed by atoms with Crippen LogP contribution in [0.1, 0.15) is 73.4 Å². The maximum Gasteiger partial charge on any atom is 0.339 e. The number of rotatable bonds is 6. The van der Waals surface area contributed by atoms with Crippen LogP contribution in [0.4, 0.5) is 0 Å². The van der Waals surface area contributed by atoms with Crippen LogP contribution in [-0.2, 0) is 18.3 Å². The summed E-state index contributed by atoms with van der Waals surface area (Å²) < 4.78 is 1.82. The van der Waals surface area contributed by atoms with Crippen molar-refractivity contribution in [2.45, 2.75) is 58.8 Å². The van der Waals surface area contributed by atoms with Crippen molar-refractivity contribution in [3.63, 3.8) is 0 Å². The average molecular weight is 391 g/mol. The Labute approximate surface area is 173 Å². The lowest BCUT2D eigenvalue weighted by Gasteiger charge is -2.19. The van der Waals surface area contributed by atoms with Crippen LogP contribution in [0, 0.1) is 0 Å². The first kappa shape index (κ1) is 20.8. The number of aryl methyl sites for hydroxylation is 2. The van der Waals surface area contributed by atoms with Crippen LogP contribution in [0.3, 0.4) is 0 Å². The molecule has 0 unspecified atom stereocenters. The van der Waals surface area contributed by atoms with Gasteiger partial charge in [0, 0.05) is 0 Å². The maximum atomic E-state index is 12.1. The number of nitrogens with zero attached hydrogens (tertiary/aromatic N) is 2. The van der Waals surface area contributed by atoms with Crippen LogP contribution in [0.5, 0.6) is 0 Å². The van der Waals surface area contributed by atoms with E-state index in [1.165, 1.54) is 11.1 Å². The maximum absolute atomic E-state index is 12.1. The Kier molecular flexibility index (Phi) is 5.92. The summed E-state index contributed by atoms with van der Waals surface area (Å²) >= 11 is 0. The molecule has 0 fully saturated rings. The summed E-state index contributed by atoms with van der Waals surface area (Å²) in [4.78, 5) is 12.1. The molecule has 0 saturated heterocycles. The molecular weight excluding hydrogens is 360 g/mol. The lowest BCUT2D eigenvalue weighted by Crippen LogP contribution is -2.12. The van der Waals surface area contributed by atoms with Crippen molar-refractivity contribution in [2.75, 3.05) is 0 Å². The van der Waals surface area contributed by atoms with E-state index in [2.05, 4.69) is 45.0 Å². The minimum absolute atomic E-state index is 0.0429. The van der Waals surface area contributed by atoms with Gasteiger partial charge in [0.1, 0.15) is 5.56 Å². The Morgan fingerprint density at radius 3 is 2.14 bits per heavy atom. The summed E-state index contributed by atoms with van der Waals surface area (Å²) in [6, 6.07) is 18.4. The third-order valence-electron chi connectivity index (χ3n) is 5.23. The molecule has 4 nitrogen and oxygen atoms in total. The lowest BCUT2D eigenvalue weighted by molar-refractivity contribution is 0.0694. The normalized spacial score (nSPS) is 11.8. The van der Waals surface area contributed by atoms with E-state index in [1.54, 1.807) is 0 Å². The van der Waals surface area contributed by atoms with Crippen LogP contribution in [0.15, 0.2) is 54.6 Å². The molecule has 4 heteroatoms. The summed E-state index contributed by atoms with van der Waals surface area (Å²) in [5.41, 5.74) is 5.12. The van der Waals surface area contributed by atoms with Gasteiger partial charge in [-0.3, -0.25) is 0 Å². The number of hydrogen-bond acceptors (Lipinski definition) is 2. The fourth-order valence-corrected chi connectivity index (χ4v) is 3.63. The fraction of sp³-hybridized carbons (Fsp3) is 0.360. The summed E-state index contributed by atoms with van der Waals surface area (Å²) in [6.45, 7) is 10.6. The number of carboxylic acid groups (broad SMARTS) is 1. The monoisotopic (exact) mass is 390 g/mol. The zero-order valence-corrected chi connectivity index (χ0v) is 17.9. The Balaban J connectivity index is 2.03. The zero-order chi connectivity index (χ0) is 21.2. The highest BCUT2D eigenvalue weighted by molar-refractivity contribution is 5.90. The topological polar surface area (TPSA) is 55.1 Å². The van der Waals surface area contributed by atoms with E-state index in [1.807, 2.05) is 48.9 Å². The second-order valence-corrected chi connectivity index (χ2v) is 8.86. The average Bonchev–Trinajstić information content (AvgIpc) is 3.07. The van der Waals surface area contributed by atoms with Gasteiger partial charge in [0.2, 0.25) is 0 Å². The van der Waals surface area contributed by atoms with Crippen molar-refractivity contribution in [1.82, 2.24) is 9.78 Å². The van der Waals surface area contributed by atoms with E-state index in [0.717, 1.165) is 17.8 Å². The van der Waals surface area contributed by atoms with Gasteiger partial charge in [-0.1, -0.05) is 77.1 Å².